The Morgan fingerprint density at radius 1 is 1.06 bits per heavy atom. The number of hydrogen-bond acceptors (Lipinski definition) is 5. The minimum atomic E-state index is -1.27. The first-order chi connectivity index (χ1) is 14.7. The van der Waals surface area contributed by atoms with Crippen LogP contribution in [-0.2, 0) is 4.79 Å². The number of ether oxygens (including phenoxy) is 2. The van der Waals surface area contributed by atoms with Gasteiger partial charge in [0.2, 0.25) is 0 Å². The van der Waals surface area contributed by atoms with Crippen LogP contribution in [0.1, 0.15) is 13.8 Å². The number of rotatable bonds is 8. The van der Waals surface area contributed by atoms with Gasteiger partial charge < -0.3 is 25.2 Å². The van der Waals surface area contributed by atoms with E-state index in [0.29, 0.717) is 5.75 Å². The van der Waals surface area contributed by atoms with Crippen LogP contribution >= 0.6 is 0 Å². The molecule has 0 aromatic heterocycles. The molecule has 3 rings (SSSR count). The standard InChI is InChI=1S/C22H25N3O6/c1-22(2)19(26)25(20(27)24-22)12-16(23-21(28)29)13-31-18-10-6-15(7-11-18)14-4-8-17(30-3)9-5-14/h4-11,16,23H,12-13H2,1-3H3,(H,24,27)(H,28,29)/t16-/m0/s1. The summed E-state index contributed by atoms with van der Waals surface area (Å²) in [5.41, 5.74) is 0.971. The number of benzene rings is 2. The average molecular weight is 427 g/mol. The number of carbonyl (C=O) groups is 3. The van der Waals surface area contributed by atoms with Gasteiger partial charge in [-0.25, -0.2) is 9.59 Å². The molecule has 4 amide bonds. The van der Waals surface area contributed by atoms with E-state index in [-0.39, 0.29) is 13.2 Å². The lowest BCUT2D eigenvalue weighted by Crippen LogP contribution is -2.49. The predicted molar refractivity (Wildman–Crippen MR) is 113 cm³/mol. The van der Waals surface area contributed by atoms with Crippen LogP contribution in [0.4, 0.5) is 9.59 Å². The SMILES string of the molecule is COc1ccc(-c2ccc(OC[C@H](CN3C(=O)NC(C)(C)C3=O)NC(=O)O)cc2)cc1. The number of imide groups is 1. The summed E-state index contributed by atoms with van der Waals surface area (Å²) >= 11 is 0. The summed E-state index contributed by atoms with van der Waals surface area (Å²) < 4.78 is 10.9. The summed E-state index contributed by atoms with van der Waals surface area (Å²) in [4.78, 5) is 36.6. The van der Waals surface area contributed by atoms with Gasteiger partial charge in [-0.05, 0) is 49.2 Å². The first kappa shape index (κ1) is 21.9. The van der Waals surface area contributed by atoms with E-state index in [2.05, 4.69) is 10.6 Å². The largest absolute Gasteiger partial charge is 0.497 e. The molecule has 1 heterocycles. The molecule has 9 nitrogen and oxygen atoms in total. The van der Waals surface area contributed by atoms with E-state index in [9.17, 15) is 14.4 Å². The van der Waals surface area contributed by atoms with Crippen molar-refractivity contribution in [3.05, 3.63) is 48.5 Å². The van der Waals surface area contributed by atoms with E-state index in [4.69, 9.17) is 14.6 Å². The second-order valence-electron chi connectivity index (χ2n) is 7.68. The van der Waals surface area contributed by atoms with Crippen molar-refractivity contribution in [1.29, 1.82) is 0 Å². The molecular formula is C22H25N3O6. The van der Waals surface area contributed by atoms with Crippen molar-refractivity contribution in [2.75, 3.05) is 20.3 Å². The Hall–Kier alpha value is -3.75. The van der Waals surface area contributed by atoms with Gasteiger partial charge in [0.25, 0.3) is 5.91 Å². The molecule has 1 fully saturated rings. The summed E-state index contributed by atoms with van der Waals surface area (Å²) in [7, 11) is 1.61. The number of nitrogens with one attached hydrogen (secondary N) is 2. The summed E-state index contributed by atoms with van der Waals surface area (Å²) in [5.74, 6) is 0.889. The van der Waals surface area contributed by atoms with Crippen LogP contribution in [0.25, 0.3) is 11.1 Å². The van der Waals surface area contributed by atoms with Crippen LogP contribution in [0.15, 0.2) is 48.5 Å². The van der Waals surface area contributed by atoms with Crippen LogP contribution in [0.3, 0.4) is 0 Å². The summed E-state index contributed by atoms with van der Waals surface area (Å²) in [6, 6.07) is 13.6. The zero-order chi connectivity index (χ0) is 22.6. The van der Waals surface area contributed by atoms with Crippen LogP contribution in [0.2, 0.25) is 0 Å². The monoisotopic (exact) mass is 427 g/mol. The summed E-state index contributed by atoms with van der Waals surface area (Å²) in [6.45, 7) is 3.00. The first-order valence-corrected chi connectivity index (χ1v) is 9.70. The molecule has 164 valence electrons. The molecule has 1 aliphatic heterocycles. The van der Waals surface area contributed by atoms with E-state index < -0.39 is 29.6 Å². The van der Waals surface area contributed by atoms with Gasteiger partial charge in [-0.2, -0.15) is 0 Å². The Kier molecular flexibility index (Phi) is 6.33. The number of hydrogen-bond donors (Lipinski definition) is 3. The lowest BCUT2D eigenvalue weighted by molar-refractivity contribution is -0.130. The molecule has 0 spiro atoms. The highest BCUT2D eigenvalue weighted by Gasteiger charge is 2.45. The molecule has 2 aromatic carbocycles. The second-order valence-corrected chi connectivity index (χ2v) is 7.68. The maximum atomic E-state index is 12.4. The van der Waals surface area contributed by atoms with Crippen LogP contribution < -0.4 is 20.1 Å². The van der Waals surface area contributed by atoms with Crippen molar-refractivity contribution in [3.8, 4) is 22.6 Å². The third-order valence-electron chi connectivity index (χ3n) is 4.90. The Balaban J connectivity index is 1.64. The summed E-state index contributed by atoms with van der Waals surface area (Å²) in [5, 5.41) is 14.0. The normalized spacial score (nSPS) is 15.9. The lowest BCUT2D eigenvalue weighted by atomic mass is 10.1. The maximum absolute atomic E-state index is 12.4. The smallest absolute Gasteiger partial charge is 0.405 e. The van der Waals surface area contributed by atoms with Crippen LogP contribution in [0, 0.1) is 0 Å². The zero-order valence-corrected chi connectivity index (χ0v) is 17.5. The van der Waals surface area contributed by atoms with Gasteiger partial charge >= 0.3 is 12.1 Å². The minimum absolute atomic E-state index is 0.0499. The number of amides is 4. The Bertz CT molecular complexity index is 956. The predicted octanol–water partition coefficient (Wildman–Crippen LogP) is 2.71. The fourth-order valence-electron chi connectivity index (χ4n) is 3.24. The van der Waals surface area contributed by atoms with Gasteiger partial charge in [0.05, 0.1) is 19.7 Å². The van der Waals surface area contributed by atoms with Gasteiger partial charge in [-0.15, -0.1) is 0 Å². The Morgan fingerprint density at radius 3 is 2.06 bits per heavy atom. The fourth-order valence-corrected chi connectivity index (χ4v) is 3.24. The molecule has 0 saturated carbocycles. The van der Waals surface area contributed by atoms with Gasteiger partial charge in [0.15, 0.2) is 0 Å². The molecule has 2 aromatic rings. The number of urea groups is 1. The van der Waals surface area contributed by atoms with Crippen LogP contribution in [-0.4, -0.2) is 59.9 Å². The third kappa shape index (κ3) is 5.25. The molecule has 9 heteroatoms. The van der Waals surface area contributed by atoms with Crippen LogP contribution in [0.5, 0.6) is 11.5 Å². The molecule has 31 heavy (non-hydrogen) atoms. The minimum Gasteiger partial charge on any atom is -0.497 e. The molecule has 3 N–H and O–H groups in total. The quantitative estimate of drug-likeness (QED) is 0.558. The van der Waals surface area contributed by atoms with Crippen molar-refractivity contribution in [2.24, 2.45) is 0 Å². The molecule has 0 bridgehead atoms. The van der Waals surface area contributed by atoms with E-state index >= 15 is 0 Å². The number of carbonyl (C=O) groups excluding carboxylic acids is 2. The highest BCUT2D eigenvalue weighted by molar-refractivity contribution is 6.06. The van der Waals surface area contributed by atoms with Crippen molar-refractivity contribution in [2.45, 2.75) is 25.4 Å². The number of nitrogens with zero attached hydrogens (tertiary/aromatic N) is 1. The van der Waals surface area contributed by atoms with Gasteiger partial charge in [0.1, 0.15) is 23.6 Å². The Labute approximate surface area is 179 Å². The second kappa shape index (κ2) is 8.95. The van der Waals surface area contributed by atoms with Gasteiger partial charge in [0, 0.05) is 0 Å². The van der Waals surface area contributed by atoms with E-state index in [1.54, 1.807) is 33.1 Å². The molecule has 1 atom stereocenters. The number of methoxy groups -OCH3 is 1. The molecule has 0 aliphatic carbocycles. The third-order valence-corrected chi connectivity index (χ3v) is 4.90. The maximum Gasteiger partial charge on any atom is 0.405 e. The molecular weight excluding hydrogens is 402 g/mol. The molecule has 0 radical (unpaired) electrons. The van der Waals surface area contributed by atoms with Crippen molar-refractivity contribution < 1.29 is 29.0 Å². The van der Waals surface area contributed by atoms with Crippen molar-refractivity contribution in [1.82, 2.24) is 15.5 Å². The van der Waals surface area contributed by atoms with E-state index in [0.717, 1.165) is 21.8 Å². The highest BCUT2D eigenvalue weighted by Crippen LogP contribution is 2.25. The first-order valence-electron chi connectivity index (χ1n) is 9.70. The van der Waals surface area contributed by atoms with Crippen molar-refractivity contribution in [3.63, 3.8) is 0 Å². The van der Waals surface area contributed by atoms with Crippen molar-refractivity contribution >= 4 is 18.0 Å². The van der Waals surface area contributed by atoms with Gasteiger partial charge in [-0.3, -0.25) is 9.69 Å². The topological polar surface area (TPSA) is 117 Å². The van der Waals surface area contributed by atoms with E-state index in [1.807, 2.05) is 36.4 Å². The van der Waals surface area contributed by atoms with E-state index in [1.165, 1.54) is 0 Å². The fraction of sp³-hybridized carbons (Fsp3) is 0.318. The zero-order valence-electron chi connectivity index (χ0n) is 17.5. The highest BCUT2D eigenvalue weighted by atomic mass is 16.5. The molecule has 1 saturated heterocycles. The lowest BCUT2D eigenvalue weighted by Gasteiger charge is -2.23. The number of carboxylic acid groups (broad SMARTS) is 1. The molecule has 0 unspecified atom stereocenters. The molecule has 1 aliphatic rings. The summed E-state index contributed by atoms with van der Waals surface area (Å²) in [6.07, 6.45) is -1.27. The Morgan fingerprint density at radius 2 is 1.61 bits per heavy atom. The van der Waals surface area contributed by atoms with Gasteiger partial charge in [-0.1, -0.05) is 24.3 Å². The average Bonchev–Trinajstić information content (AvgIpc) is 2.93.